The molecule has 2 aromatic heterocycles. The van der Waals surface area contributed by atoms with Crippen molar-refractivity contribution in [3.05, 3.63) is 54.5 Å². The summed E-state index contributed by atoms with van der Waals surface area (Å²) in [6.07, 6.45) is 1.90. The predicted octanol–water partition coefficient (Wildman–Crippen LogP) is 4.06. The van der Waals surface area contributed by atoms with E-state index in [2.05, 4.69) is 4.98 Å². The average molecular weight is 284 g/mol. The zero-order valence-corrected chi connectivity index (χ0v) is 11.1. The maximum absolute atomic E-state index is 13.2. The Balaban J connectivity index is 1.95. The predicted molar refractivity (Wildman–Crippen MR) is 77.6 cm³/mol. The van der Waals surface area contributed by atoms with E-state index in [1.54, 1.807) is 24.3 Å². The molecule has 2 heterocycles. The van der Waals surface area contributed by atoms with Gasteiger partial charge in [-0.15, -0.1) is 0 Å². The minimum atomic E-state index is -0.241. The summed E-state index contributed by atoms with van der Waals surface area (Å²) in [5, 5.41) is 9.53. The van der Waals surface area contributed by atoms with Crippen LogP contribution in [0.2, 0.25) is 0 Å². The average Bonchev–Trinajstić information content (AvgIpc) is 2.95. The smallest absolute Gasteiger partial charge is 0.195 e. The molecule has 0 aliphatic rings. The zero-order valence-electron chi connectivity index (χ0n) is 10.2. The number of hydrogen-bond acceptors (Lipinski definition) is 3. The monoisotopic (exact) mass is 284 g/mol. The number of thiazole rings is 1. The Bertz CT molecular complexity index is 942. The quantitative estimate of drug-likeness (QED) is 0.572. The Morgan fingerprint density at radius 1 is 1.15 bits per heavy atom. The Labute approximate surface area is 117 Å². The molecule has 4 aromatic rings. The highest BCUT2D eigenvalue weighted by Gasteiger charge is 2.10. The molecule has 0 radical (unpaired) electrons. The maximum Gasteiger partial charge on any atom is 0.195 e. The number of rotatable bonds is 1. The minimum absolute atomic E-state index is 0.214. The Hall–Kier alpha value is -2.40. The molecule has 20 heavy (non-hydrogen) atoms. The van der Waals surface area contributed by atoms with E-state index in [4.69, 9.17) is 0 Å². The fourth-order valence-corrected chi connectivity index (χ4v) is 3.31. The summed E-state index contributed by atoms with van der Waals surface area (Å²) in [7, 11) is 0. The third-order valence-corrected chi connectivity index (χ3v) is 4.22. The van der Waals surface area contributed by atoms with Crippen LogP contribution in [-0.4, -0.2) is 14.5 Å². The maximum atomic E-state index is 13.2. The lowest BCUT2D eigenvalue weighted by Crippen LogP contribution is -1.78. The molecule has 0 saturated carbocycles. The van der Waals surface area contributed by atoms with Crippen molar-refractivity contribution >= 4 is 26.5 Å². The number of phenolic OH excluding ortho intramolecular Hbond substituents is 1. The lowest BCUT2D eigenvalue weighted by molar-refractivity contribution is 0.475. The number of fused-ring (bicyclic) bond motifs is 3. The fraction of sp³-hybridized carbons (Fsp3) is 0. The standard InChI is InChI=1S/C15H9FN2OS/c16-10-4-5-13-14(7-10)20-15-17-12(8-18(13)15)9-2-1-3-11(19)6-9/h1-8,19H. The number of nitrogens with zero attached hydrogens (tertiary/aromatic N) is 2. The van der Waals surface area contributed by atoms with Gasteiger partial charge in [-0.25, -0.2) is 9.37 Å². The molecule has 0 amide bonds. The van der Waals surface area contributed by atoms with Crippen molar-refractivity contribution in [1.29, 1.82) is 0 Å². The number of halogens is 1. The topological polar surface area (TPSA) is 37.5 Å². The van der Waals surface area contributed by atoms with Gasteiger partial charge in [0.15, 0.2) is 4.96 Å². The van der Waals surface area contributed by atoms with Gasteiger partial charge in [-0.2, -0.15) is 0 Å². The van der Waals surface area contributed by atoms with Gasteiger partial charge in [0, 0.05) is 11.8 Å². The molecule has 0 aliphatic heterocycles. The van der Waals surface area contributed by atoms with Gasteiger partial charge < -0.3 is 5.11 Å². The van der Waals surface area contributed by atoms with Crippen LogP contribution >= 0.6 is 11.3 Å². The van der Waals surface area contributed by atoms with Crippen molar-refractivity contribution in [2.24, 2.45) is 0 Å². The van der Waals surface area contributed by atoms with E-state index in [9.17, 15) is 9.50 Å². The van der Waals surface area contributed by atoms with Crippen molar-refractivity contribution in [3.8, 4) is 17.0 Å². The van der Waals surface area contributed by atoms with Crippen LogP contribution in [0, 0.1) is 5.82 Å². The second-order valence-corrected chi connectivity index (χ2v) is 5.55. The fourth-order valence-electron chi connectivity index (χ4n) is 2.28. The third-order valence-electron chi connectivity index (χ3n) is 3.20. The molecule has 0 fully saturated rings. The van der Waals surface area contributed by atoms with Gasteiger partial charge in [-0.05, 0) is 30.3 Å². The van der Waals surface area contributed by atoms with Crippen LogP contribution < -0.4 is 0 Å². The van der Waals surface area contributed by atoms with Crippen LogP contribution in [0.25, 0.3) is 26.4 Å². The number of phenols is 1. The zero-order chi connectivity index (χ0) is 13.7. The van der Waals surface area contributed by atoms with E-state index >= 15 is 0 Å². The molecule has 5 heteroatoms. The Kier molecular flexibility index (Phi) is 2.31. The van der Waals surface area contributed by atoms with E-state index in [-0.39, 0.29) is 11.6 Å². The molecule has 0 aliphatic carbocycles. The molecule has 0 unspecified atom stereocenters. The highest BCUT2D eigenvalue weighted by molar-refractivity contribution is 7.23. The van der Waals surface area contributed by atoms with E-state index in [0.29, 0.717) is 0 Å². The lowest BCUT2D eigenvalue weighted by atomic mass is 10.1. The SMILES string of the molecule is Oc1cccc(-c2cn3c(n2)sc2cc(F)ccc23)c1. The molecule has 0 spiro atoms. The highest BCUT2D eigenvalue weighted by atomic mass is 32.1. The summed E-state index contributed by atoms with van der Waals surface area (Å²) in [5.74, 6) is -0.0269. The number of aromatic hydroxyl groups is 1. The summed E-state index contributed by atoms with van der Waals surface area (Å²) in [4.78, 5) is 5.35. The van der Waals surface area contributed by atoms with Crippen LogP contribution in [0.1, 0.15) is 0 Å². The van der Waals surface area contributed by atoms with Crippen LogP contribution in [0.5, 0.6) is 5.75 Å². The van der Waals surface area contributed by atoms with Gasteiger partial charge in [0.25, 0.3) is 0 Å². The van der Waals surface area contributed by atoms with Crippen molar-refractivity contribution in [3.63, 3.8) is 0 Å². The normalized spacial score (nSPS) is 11.4. The van der Waals surface area contributed by atoms with Crippen molar-refractivity contribution in [1.82, 2.24) is 9.38 Å². The number of aromatic nitrogens is 2. The first-order chi connectivity index (χ1) is 9.70. The van der Waals surface area contributed by atoms with Crippen LogP contribution in [0.3, 0.4) is 0 Å². The van der Waals surface area contributed by atoms with Crippen LogP contribution in [0.15, 0.2) is 48.7 Å². The number of imidazole rings is 1. The van der Waals surface area contributed by atoms with Gasteiger partial charge in [0.1, 0.15) is 11.6 Å². The molecule has 4 rings (SSSR count). The molecule has 3 nitrogen and oxygen atoms in total. The van der Waals surface area contributed by atoms with Crippen molar-refractivity contribution < 1.29 is 9.50 Å². The largest absolute Gasteiger partial charge is 0.508 e. The minimum Gasteiger partial charge on any atom is -0.508 e. The molecule has 0 saturated heterocycles. The van der Waals surface area contributed by atoms with Crippen LogP contribution in [0.4, 0.5) is 4.39 Å². The van der Waals surface area contributed by atoms with E-state index in [0.717, 1.165) is 26.4 Å². The summed E-state index contributed by atoms with van der Waals surface area (Å²) in [5.41, 5.74) is 2.58. The van der Waals surface area contributed by atoms with Gasteiger partial charge in [0.05, 0.1) is 15.9 Å². The Morgan fingerprint density at radius 2 is 2.05 bits per heavy atom. The molecule has 0 bridgehead atoms. The summed E-state index contributed by atoms with van der Waals surface area (Å²) < 4.78 is 16.0. The van der Waals surface area contributed by atoms with Gasteiger partial charge in [-0.1, -0.05) is 23.5 Å². The first kappa shape index (κ1) is 11.4. The number of benzene rings is 2. The molecular weight excluding hydrogens is 275 g/mol. The molecule has 98 valence electrons. The lowest BCUT2D eigenvalue weighted by Gasteiger charge is -1.96. The Morgan fingerprint density at radius 3 is 2.90 bits per heavy atom. The first-order valence-electron chi connectivity index (χ1n) is 6.07. The molecular formula is C15H9FN2OS. The van der Waals surface area contributed by atoms with Gasteiger partial charge in [0.2, 0.25) is 0 Å². The summed E-state index contributed by atoms with van der Waals surface area (Å²) in [6.45, 7) is 0. The first-order valence-corrected chi connectivity index (χ1v) is 6.89. The van der Waals surface area contributed by atoms with E-state index in [1.807, 2.05) is 16.7 Å². The van der Waals surface area contributed by atoms with Gasteiger partial charge >= 0.3 is 0 Å². The van der Waals surface area contributed by atoms with Gasteiger partial charge in [-0.3, -0.25) is 4.40 Å². The third kappa shape index (κ3) is 1.67. The van der Waals surface area contributed by atoms with Crippen molar-refractivity contribution in [2.75, 3.05) is 0 Å². The summed E-state index contributed by atoms with van der Waals surface area (Å²) in [6, 6.07) is 11.7. The van der Waals surface area contributed by atoms with E-state index < -0.39 is 0 Å². The highest BCUT2D eigenvalue weighted by Crippen LogP contribution is 2.30. The molecule has 2 aromatic carbocycles. The molecule has 0 atom stereocenters. The van der Waals surface area contributed by atoms with E-state index in [1.165, 1.54) is 23.5 Å². The second-order valence-electron chi connectivity index (χ2n) is 4.54. The van der Waals surface area contributed by atoms with Crippen molar-refractivity contribution in [2.45, 2.75) is 0 Å². The second kappa shape index (κ2) is 4.05. The molecule has 1 N–H and O–H groups in total. The summed E-state index contributed by atoms with van der Waals surface area (Å²) >= 11 is 1.44. The number of hydrogen-bond donors (Lipinski definition) is 1. The van der Waals surface area contributed by atoms with Crippen LogP contribution in [-0.2, 0) is 0 Å².